The number of hydrogen-bond acceptors (Lipinski definition) is 3. The normalized spacial score (nSPS) is 20.2. The van der Waals surface area contributed by atoms with E-state index in [1.165, 1.54) is 5.56 Å². The fraction of sp³-hybridized carbons (Fsp3) is 0.429. The van der Waals surface area contributed by atoms with E-state index in [2.05, 4.69) is 18.0 Å². The number of aliphatic hydroxyl groups is 1. The zero-order valence-electron chi connectivity index (χ0n) is 9.93. The number of hydrogen-bond donors (Lipinski definition) is 2. The molecule has 92 valence electrons. The molecule has 3 heteroatoms. The van der Waals surface area contributed by atoms with Crippen LogP contribution in [0.15, 0.2) is 36.9 Å². The quantitative estimate of drug-likeness (QED) is 0.598. The van der Waals surface area contributed by atoms with Crippen LogP contribution in [0.4, 0.5) is 0 Å². The second kappa shape index (κ2) is 5.84. The molecule has 0 bridgehead atoms. The van der Waals surface area contributed by atoms with Gasteiger partial charge in [0.25, 0.3) is 0 Å². The first-order valence-corrected chi connectivity index (χ1v) is 6.05. The molecule has 0 radical (unpaired) electrons. The Morgan fingerprint density at radius 1 is 1.53 bits per heavy atom. The van der Waals surface area contributed by atoms with Crippen LogP contribution in [0.2, 0.25) is 0 Å². The maximum Gasteiger partial charge on any atom is 0.126 e. The van der Waals surface area contributed by atoms with E-state index in [0.717, 1.165) is 18.6 Å². The van der Waals surface area contributed by atoms with Crippen molar-refractivity contribution in [2.24, 2.45) is 0 Å². The van der Waals surface area contributed by atoms with Crippen LogP contribution in [0.25, 0.3) is 0 Å². The van der Waals surface area contributed by atoms with Gasteiger partial charge in [-0.1, -0.05) is 24.3 Å². The zero-order valence-corrected chi connectivity index (χ0v) is 9.93. The third-order valence-electron chi connectivity index (χ3n) is 3.02. The lowest BCUT2D eigenvalue weighted by Crippen LogP contribution is -2.41. The second-order valence-electron chi connectivity index (χ2n) is 4.32. The van der Waals surface area contributed by atoms with Crippen LogP contribution in [-0.2, 0) is 6.42 Å². The first-order chi connectivity index (χ1) is 8.31. The first-order valence-electron chi connectivity index (χ1n) is 6.05. The van der Waals surface area contributed by atoms with Gasteiger partial charge in [-0.05, 0) is 24.5 Å². The third kappa shape index (κ3) is 3.08. The number of aliphatic hydroxyl groups excluding tert-OH is 1. The summed E-state index contributed by atoms with van der Waals surface area (Å²) < 4.78 is 5.81. The van der Waals surface area contributed by atoms with Gasteiger partial charge in [-0.2, -0.15) is 0 Å². The van der Waals surface area contributed by atoms with Crippen molar-refractivity contribution in [1.29, 1.82) is 0 Å². The molecule has 1 aliphatic heterocycles. The molecule has 0 fully saturated rings. The molecule has 2 rings (SSSR count). The lowest BCUT2D eigenvalue weighted by Gasteiger charge is -2.29. The molecule has 0 spiro atoms. The van der Waals surface area contributed by atoms with Crippen LogP contribution >= 0.6 is 0 Å². The Morgan fingerprint density at radius 2 is 2.35 bits per heavy atom. The van der Waals surface area contributed by atoms with E-state index in [0.29, 0.717) is 13.1 Å². The fourth-order valence-electron chi connectivity index (χ4n) is 2.08. The smallest absolute Gasteiger partial charge is 0.126 e. The van der Waals surface area contributed by atoms with Crippen molar-refractivity contribution in [1.82, 2.24) is 5.32 Å². The lowest BCUT2D eigenvalue weighted by molar-refractivity contribution is 0.0251. The third-order valence-corrected chi connectivity index (χ3v) is 3.02. The molecule has 0 aromatic heterocycles. The molecule has 0 unspecified atom stereocenters. The molecule has 0 amide bonds. The molecule has 3 nitrogen and oxygen atoms in total. The van der Waals surface area contributed by atoms with Gasteiger partial charge in [0.15, 0.2) is 0 Å². The minimum Gasteiger partial charge on any atom is -0.487 e. The van der Waals surface area contributed by atoms with Gasteiger partial charge in [0, 0.05) is 13.1 Å². The summed E-state index contributed by atoms with van der Waals surface area (Å²) in [6.07, 6.45) is 3.04. The number of para-hydroxylation sites is 1. The van der Waals surface area contributed by atoms with Crippen LogP contribution in [-0.4, -0.2) is 30.4 Å². The predicted molar refractivity (Wildman–Crippen MR) is 68.3 cm³/mol. The van der Waals surface area contributed by atoms with Crippen LogP contribution < -0.4 is 10.1 Å². The average Bonchev–Trinajstić information content (AvgIpc) is 2.38. The summed E-state index contributed by atoms with van der Waals surface area (Å²) in [5.41, 5.74) is 1.23. The summed E-state index contributed by atoms with van der Waals surface area (Å²) in [5, 5.41) is 13.1. The summed E-state index contributed by atoms with van der Waals surface area (Å²) in [6.45, 7) is 4.87. The molecule has 1 aromatic rings. The van der Waals surface area contributed by atoms with Crippen molar-refractivity contribution in [2.45, 2.75) is 25.0 Å². The van der Waals surface area contributed by atoms with Crippen molar-refractivity contribution in [3.8, 4) is 5.75 Å². The SMILES string of the molecule is C=CCNC[C@@H](O)[C@@H]1CCc2ccccc2O1. The first kappa shape index (κ1) is 12.1. The van der Waals surface area contributed by atoms with Gasteiger partial charge >= 0.3 is 0 Å². The van der Waals surface area contributed by atoms with Gasteiger partial charge in [0.2, 0.25) is 0 Å². The summed E-state index contributed by atoms with van der Waals surface area (Å²) in [7, 11) is 0. The molecule has 17 heavy (non-hydrogen) atoms. The van der Waals surface area contributed by atoms with Crippen molar-refractivity contribution in [3.05, 3.63) is 42.5 Å². The minimum atomic E-state index is -0.469. The minimum absolute atomic E-state index is 0.109. The molecule has 1 aliphatic rings. The molecule has 0 saturated heterocycles. The topological polar surface area (TPSA) is 41.5 Å². The van der Waals surface area contributed by atoms with Gasteiger partial charge in [0.1, 0.15) is 18.0 Å². The van der Waals surface area contributed by atoms with Crippen molar-refractivity contribution < 1.29 is 9.84 Å². The molecular weight excluding hydrogens is 214 g/mol. The molecule has 1 aromatic carbocycles. The maximum absolute atomic E-state index is 10.0. The highest BCUT2D eigenvalue weighted by atomic mass is 16.5. The van der Waals surface area contributed by atoms with Gasteiger partial charge in [-0.15, -0.1) is 6.58 Å². The Kier molecular flexibility index (Phi) is 4.18. The summed E-state index contributed by atoms with van der Waals surface area (Å²) in [4.78, 5) is 0. The van der Waals surface area contributed by atoms with Gasteiger partial charge in [-0.3, -0.25) is 0 Å². The summed E-state index contributed by atoms with van der Waals surface area (Å²) in [6, 6.07) is 8.02. The predicted octanol–water partition coefficient (Wildman–Crippen LogP) is 1.52. The number of nitrogens with one attached hydrogen (secondary N) is 1. The van der Waals surface area contributed by atoms with Gasteiger partial charge < -0.3 is 15.2 Å². The largest absolute Gasteiger partial charge is 0.487 e. The van der Waals surface area contributed by atoms with E-state index in [1.807, 2.05) is 18.2 Å². The Bertz CT molecular complexity index is 378. The van der Waals surface area contributed by atoms with Gasteiger partial charge in [-0.25, -0.2) is 0 Å². The monoisotopic (exact) mass is 233 g/mol. The molecule has 2 N–H and O–H groups in total. The average molecular weight is 233 g/mol. The summed E-state index contributed by atoms with van der Waals surface area (Å²) in [5.74, 6) is 0.909. The number of fused-ring (bicyclic) bond motifs is 1. The van der Waals surface area contributed by atoms with E-state index in [9.17, 15) is 5.11 Å². The zero-order chi connectivity index (χ0) is 12.1. The molecule has 0 aliphatic carbocycles. The Morgan fingerprint density at radius 3 is 3.18 bits per heavy atom. The Hall–Kier alpha value is -1.32. The number of rotatable bonds is 5. The van der Waals surface area contributed by atoms with E-state index < -0.39 is 6.10 Å². The van der Waals surface area contributed by atoms with E-state index >= 15 is 0 Å². The molecular formula is C14H19NO2. The highest BCUT2D eigenvalue weighted by Gasteiger charge is 2.25. The van der Waals surface area contributed by atoms with E-state index in [1.54, 1.807) is 6.08 Å². The second-order valence-corrected chi connectivity index (χ2v) is 4.32. The Balaban J connectivity index is 1.90. The number of ether oxygens (including phenoxy) is 1. The fourth-order valence-corrected chi connectivity index (χ4v) is 2.08. The number of aryl methyl sites for hydroxylation is 1. The van der Waals surface area contributed by atoms with Crippen LogP contribution in [0, 0.1) is 0 Å². The highest BCUT2D eigenvalue weighted by Crippen LogP contribution is 2.28. The van der Waals surface area contributed by atoms with Crippen LogP contribution in [0.5, 0.6) is 5.75 Å². The Labute approximate surface area is 102 Å². The highest BCUT2D eigenvalue weighted by molar-refractivity contribution is 5.35. The van der Waals surface area contributed by atoms with Gasteiger partial charge in [0.05, 0.1) is 0 Å². The summed E-state index contributed by atoms with van der Waals surface area (Å²) >= 11 is 0. The van der Waals surface area contributed by atoms with Crippen molar-refractivity contribution >= 4 is 0 Å². The molecule has 0 saturated carbocycles. The molecule has 2 atom stereocenters. The number of benzene rings is 1. The van der Waals surface area contributed by atoms with Crippen LogP contribution in [0.1, 0.15) is 12.0 Å². The van der Waals surface area contributed by atoms with Crippen molar-refractivity contribution in [2.75, 3.05) is 13.1 Å². The van der Waals surface area contributed by atoms with E-state index in [4.69, 9.17) is 4.74 Å². The van der Waals surface area contributed by atoms with E-state index in [-0.39, 0.29) is 6.10 Å². The van der Waals surface area contributed by atoms with Crippen molar-refractivity contribution in [3.63, 3.8) is 0 Å². The van der Waals surface area contributed by atoms with Crippen LogP contribution in [0.3, 0.4) is 0 Å². The lowest BCUT2D eigenvalue weighted by atomic mass is 9.99. The standard InChI is InChI=1S/C14H19NO2/c1-2-9-15-10-12(16)14-8-7-11-5-3-4-6-13(11)17-14/h2-6,12,14-16H,1,7-10H2/t12-,14+/m1/s1. The maximum atomic E-state index is 10.0. The molecule has 1 heterocycles.